The molecule has 0 aromatic heterocycles. The van der Waals surface area contributed by atoms with Crippen LogP contribution in [0.5, 0.6) is 5.75 Å². The highest BCUT2D eigenvalue weighted by molar-refractivity contribution is 9.09. The maximum atomic E-state index is 13.2. The number of para-hydroxylation sites is 1. The highest BCUT2D eigenvalue weighted by Crippen LogP contribution is 2.40. The maximum Gasteiger partial charge on any atom is 0.339 e. The Labute approximate surface area is 151 Å². The zero-order chi connectivity index (χ0) is 17.9. The SMILES string of the molecule is CCC(c1cccc(C(=O)O)c1OC)S(=O)(=O)C1CCC(Br)CC1. The standard InChI is InChI=1S/C17H23BrO5S/c1-3-15(24(21,22)12-9-7-11(18)8-10-12)13-5-4-6-14(17(19)20)16(13)23-2/h4-6,11-12,15H,3,7-10H2,1-2H3,(H,19,20). The van der Waals surface area contributed by atoms with Crippen molar-refractivity contribution in [1.29, 1.82) is 0 Å². The van der Waals surface area contributed by atoms with E-state index in [0.717, 1.165) is 12.8 Å². The van der Waals surface area contributed by atoms with Crippen LogP contribution < -0.4 is 4.74 Å². The highest BCUT2D eigenvalue weighted by Gasteiger charge is 2.38. The minimum Gasteiger partial charge on any atom is -0.496 e. The van der Waals surface area contributed by atoms with E-state index >= 15 is 0 Å². The minimum atomic E-state index is -3.42. The quantitative estimate of drug-likeness (QED) is 0.706. The molecule has 1 aliphatic rings. The Bertz CT molecular complexity index is 693. The molecule has 7 heteroatoms. The van der Waals surface area contributed by atoms with E-state index in [-0.39, 0.29) is 16.6 Å². The summed E-state index contributed by atoms with van der Waals surface area (Å²) in [5.41, 5.74) is 0.439. The molecule has 1 fully saturated rings. The molecule has 134 valence electrons. The summed E-state index contributed by atoms with van der Waals surface area (Å²) in [6.07, 6.45) is 3.33. The lowest BCUT2D eigenvalue weighted by atomic mass is 10.0. The Morgan fingerprint density at radius 1 is 1.33 bits per heavy atom. The van der Waals surface area contributed by atoms with Gasteiger partial charge in [0.05, 0.1) is 17.6 Å². The first-order valence-electron chi connectivity index (χ1n) is 8.09. The van der Waals surface area contributed by atoms with Crippen molar-refractivity contribution < 1.29 is 23.1 Å². The van der Waals surface area contributed by atoms with Gasteiger partial charge in [0, 0.05) is 10.4 Å². The Hall–Kier alpha value is -1.08. The van der Waals surface area contributed by atoms with Gasteiger partial charge in [-0.15, -0.1) is 0 Å². The number of carboxylic acids is 1. The fourth-order valence-electron chi connectivity index (χ4n) is 3.42. The molecule has 1 atom stereocenters. The van der Waals surface area contributed by atoms with E-state index in [9.17, 15) is 18.3 Å². The smallest absolute Gasteiger partial charge is 0.339 e. The molecule has 0 bridgehead atoms. The Balaban J connectivity index is 2.44. The van der Waals surface area contributed by atoms with Gasteiger partial charge in [0.1, 0.15) is 11.3 Å². The van der Waals surface area contributed by atoms with Gasteiger partial charge in [0.2, 0.25) is 0 Å². The van der Waals surface area contributed by atoms with E-state index < -0.39 is 21.1 Å². The number of hydrogen-bond acceptors (Lipinski definition) is 4. The number of aromatic carboxylic acids is 1. The number of sulfone groups is 1. The molecular weight excluding hydrogens is 396 g/mol. The van der Waals surface area contributed by atoms with Crippen molar-refractivity contribution in [1.82, 2.24) is 0 Å². The Kier molecular flexibility index (Phi) is 6.31. The first-order chi connectivity index (χ1) is 11.3. The second kappa shape index (κ2) is 7.87. The number of carbonyl (C=O) groups is 1. The van der Waals surface area contributed by atoms with Gasteiger partial charge < -0.3 is 9.84 Å². The number of benzene rings is 1. The molecule has 1 aromatic carbocycles. The largest absolute Gasteiger partial charge is 0.496 e. The van der Waals surface area contributed by atoms with Crippen molar-refractivity contribution in [2.45, 2.75) is 54.4 Å². The topological polar surface area (TPSA) is 80.7 Å². The summed E-state index contributed by atoms with van der Waals surface area (Å²) in [6.45, 7) is 1.81. The molecule has 2 rings (SSSR count). The van der Waals surface area contributed by atoms with E-state index in [1.807, 2.05) is 6.92 Å². The Morgan fingerprint density at radius 3 is 2.46 bits per heavy atom. The average Bonchev–Trinajstić information content (AvgIpc) is 2.55. The van der Waals surface area contributed by atoms with Crippen LogP contribution in [0.25, 0.3) is 0 Å². The number of alkyl halides is 1. The van der Waals surface area contributed by atoms with Gasteiger partial charge in [-0.05, 0) is 38.2 Å². The predicted molar refractivity (Wildman–Crippen MR) is 96.9 cm³/mol. The number of rotatable bonds is 6. The predicted octanol–water partition coefficient (Wildman–Crippen LogP) is 3.97. The van der Waals surface area contributed by atoms with Crippen LogP contribution in [0.4, 0.5) is 0 Å². The second-order valence-corrected chi connectivity index (χ2v) is 9.80. The van der Waals surface area contributed by atoms with Crippen LogP contribution in [0.3, 0.4) is 0 Å². The van der Waals surface area contributed by atoms with E-state index in [4.69, 9.17) is 4.74 Å². The van der Waals surface area contributed by atoms with Crippen molar-refractivity contribution >= 4 is 31.7 Å². The first kappa shape index (κ1) is 19.2. The third kappa shape index (κ3) is 3.77. The summed E-state index contributed by atoms with van der Waals surface area (Å²) in [7, 11) is -2.04. The normalized spacial score (nSPS) is 22.8. The number of methoxy groups -OCH3 is 1. The number of ether oxygens (including phenoxy) is 1. The minimum absolute atomic E-state index is 0.00665. The van der Waals surface area contributed by atoms with Crippen LogP contribution >= 0.6 is 15.9 Å². The number of hydrogen-bond donors (Lipinski definition) is 1. The molecule has 24 heavy (non-hydrogen) atoms. The van der Waals surface area contributed by atoms with Gasteiger partial charge in [0.25, 0.3) is 0 Å². The summed E-state index contributed by atoms with van der Waals surface area (Å²) in [4.78, 5) is 11.8. The van der Waals surface area contributed by atoms with E-state index in [0.29, 0.717) is 29.7 Å². The van der Waals surface area contributed by atoms with Gasteiger partial charge in [-0.1, -0.05) is 35.0 Å². The molecular formula is C17H23BrO5S. The molecule has 0 amide bonds. The molecule has 0 saturated heterocycles. The van der Waals surface area contributed by atoms with Crippen LogP contribution in [-0.2, 0) is 9.84 Å². The molecule has 0 heterocycles. The van der Waals surface area contributed by atoms with Gasteiger partial charge in [-0.3, -0.25) is 0 Å². The second-order valence-electron chi connectivity index (χ2n) is 6.09. The summed E-state index contributed by atoms with van der Waals surface area (Å²) in [5.74, 6) is -0.977. The molecule has 1 unspecified atom stereocenters. The van der Waals surface area contributed by atoms with Gasteiger partial charge in [0.15, 0.2) is 9.84 Å². The van der Waals surface area contributed by atoms with E-state index in [1.165, 1.54) is 13.2 Å². The molecule has 1 aliphatic carbocycles. The van der Waals surface area contributed by atoms with Crippen molar-refractivity contribution in [2.24, 2.45) is 0 Å². The lowest BCUT2D eigenvalue weighted by Crippen LogP contribution is -2.31. The third-order valence-electron chi connectivity index (χ3n) is 4.66. The molecule has 5 nitrogen and oxygen atoms in total. The lowest BCUT2D eigenvalue weighted by Gasteiger charge is -2.29. The van der Waals surface area contributed by atoms with Crippen molar-refractivity contribution in [2.75, 3.05) is 7.11 Å². The van der Waals surface area contributed by atoms with E-state index in [1.54, 1.807) is 12.1 Å². The highest BCUT2D eigenvalue weighted by atomic mass is 79.9. The number of halogens is 1. The van der Waals surface area contributed by atoms with E-state index in [2.05, 4.69) is 15.9 Å². The van der Waals surface area contributed by atoms with Gasteiger partial charge >= 0.3 is 5.97 Å². The molecule has 1 aromatic rings. The van der Waals surface area contributed by atoms with Crippen LogP contribution in [0.1, 0.15) is 60.2 Å². The fraction of sp³-hybridized carbons (Fsp3) is 0.588. The third-order valence-corrected chi connectivity index (χ3v) is 8.36. The van der Waals surface area contributed by atoms with Crippen LogP contribution in [0, 0.1) is 0 Å². The summed E-state index contributed by atoms with van der Waals surface area (Å²) in [5, 5.41) is 8.19. The zero-order valence-electron chi connectivity index (χ0n) is 13.9. The maximum absolute atomic E-state index is 13.2. The summed E-state index contributed by atoms with van der Waals surface area (Å²) >= 11 is 3.55. The summed E-state index contributed by atoms with van der Waals surface area (Å²) < 4.78 is 31.6. The monoisotopic (exact) mass is 418 g/mol. The molecule has 0 spiro atoms. The van der Waals surface area contributed by atoms with Gasteiger partial charge in [-0.2, -0.15) is 0 Å². The van der Waals surface area contributed by atoms with Crippen molar-refractivity contribution in [3.63, 3.8) is 0 Å². The summed E-state index contributed by atoms with van der Waals surface area (Å²) in [6, 6.07) is 4.67. The molecule has 1 saturated carbocycles. The molecule has 0 radical (unpaired) electrons. The van der Waals surface area contributed by atoms with Gasteiger partial charge in [-0.25, -0.2) is 13.2 Å². The molecule has 1 N–H and O–H groups in total. The number of carboxylic acid groups (broad SMARTS) is 1. The van der Waals surface area contributed by atoms with Crippen LogP contribution in [0.15, 0.2) is 18.2 Å². The van der Waals surface area contributed by atoms with Crippen LogP contribution in [0.2, 0.25) is 0 Å². The first-order valence-corrected chi connectivity index (χ1v) is 10.6. The lowest BCUT2D eigenvalue weighted by molar-refractivity contribution is 0.0693. The average molecular weight is 419 g/mol. The zero-order valence-corrected chi connectivity index (χ0v) is 16.3. The Morgan fingerprint density at radius 2 is 1.96 bits per heavy atom. The van der Waals surface area contributed by atoms with Crippen molar-refractivity contribution in [3.8, 4) is 5.75 Å². The van der Waals surface area contributed by atoms with Crippen LogP contribution in [-0.4, -0.2) is 36.7 Å². The fourth-order valence-corrected chi connectivity index (χ4v) is 6.34. The van der Waals surface area contributed by atoms with Crippen molar-refractivity contribution in [3.05, 3.63) is 29.3 Å². The molecule has 0 aliphatic heterocycles.